The van der Waals surface area contributed by atoms with Gasteiger partial charge in [0.25, 0.3) is 0 Å². The highest BCUT2D eigenvalue weighted by molar-refractivity contribution is 5.74. The lowest BCUT2D eigenvalue weighted by Crippen LogP contribution is -2.52. The van der Waals surface area contributed by atoms with Gasteiger partial charge < -0.3 is 19.5 Å². The highest BCUT2D eigenvalue weighted by atomic mass is 16.3. The van der Waals surface area contributed by atoms with Gasteiger partial charge in [0.15, 0.2) is 11.5 Å². The van der Waals surface area contributed by atoms with Crippen molar-refractivity contribution in [3.63, 3.8) is 0 Å². The third-order valence-corrected chi connectivity index (χ3v) is 5.25. The number of hydrogen-bond donors (Lipinski definition) is 1. The standard InChI is InChI=1S/C19H28N4O2/c1-19(2,22(3)4)13-20-18(24)23-11-7-8-14(12-23)17-21-15-9-5-6-10-16(15)25-17/h5-6,9-10,14H,7-8,11-13H2,1-4H3,(H,20,24)/t14-/m1/s1. The number of likely N-dealkylation sites (tertiary alicyclic amines) is 1. The highest BCUT2D eigenvalue weighted by Crippen LogP contribution is 2.29. The van der Waals surface area contributed by atoms with Crippen LogP contribution in [0.4, 0.5) is 4.79 Å². The van der Waals surface area contributed by atoms with Crippen molar-refractivity contribution in [3.05, 3.63) is 30.2 Å². The minimum Gasteiger partial charge on any atom is -0.440 e. The van der Waals surface area contributed by atoms with Crippen molar-refractivity contribution < 1.29 is 9.21 Å². The first-order valence-electron chi connectivity index (χ1n) is 8.92. The molecule has 2 aromatic rings. The Kier molecular flexibility index (Phi) is 4.99. The third-order valence-electron chi connectivity index (χ3n) is 5.25. The van der Waals surface area contributed by atoms with Crippen molar-refractivity contribution in [2.75, 3.05) is 33.7 Å². The normalized spacial score (nSPS) is 18.8. The van der Waals surface area contributed by atoms with E-state index in [9.17, 15) is 4.79 Å². The summed E-state index contributed by atoms with van der Waals surface area (Å²) in [6.45, 7) is 6.28. The maximum atomic E-state index is 12.6. The number of carbonyl (C=O) groups excluding carboxylic acids is 1. The molecule has 1 saturated heterocycles. The van der Waals surface area contributed by atoms with Crippen LogP contribution in [0.3, 0.4) is 0 Å². The van der Waals surface area contributed by atoms with Crippen molar-refractivity contribution in [2.24, 2.45) is 0 Å². The zero-order valence-corrected chi connectivity index (χ0v) is 15.6. The minimum absolute atomic E-state index is 0.00395. The van der Waals surface area contributed by atoms with E-state index in [0.29, 0.717) is 13.1 Å². The van der Waals surface area contributed by atoms with Crippen LogP contribution < -0.4 is 5.32 Å². The lowest BCUT2D eigenvalue weighted by Gasteiger charge is -2.35. The van der Waals surface area contributed by atoms with Gasteiger partial charge in [-0.1, -0.05) is 12.1 Å². The van der Waals surface area contributed by atoms with Gasteiger partial charge in [0.2, 0.25) is 0 Å². The maximum Gasteiger partial charge on any atom is 0.317 e. The summed E-state index contributed by atoms with van der Waals surface area (Å²) in [6.07, 6.45) is 1.97. The molecule has 2 heterocycles. The average molecular weight is 344 g/mol. The molecule has 0 aliphatic carbocycles. The van der Waals surface area contributed by atoms with Crippen molar-refractivity contribution in [1.29, 1.82) is 0 Å². The van der Waals surface area contributed by atoms with Gasteiger partial charge in [-0.3, -0.25) is 0 Å². The molecule has 1 aliphatic heterocycles. The van der Waals surface area contributed by atoms with E-state index in [1.807, 2.05) is 43.3 Å². The van der Waals surface area contributed by atoms with E-state index in [4.69, 9.17) is 4.42 Å². The first-order chi connectivity index (χ1) is 11.9. The number of nitrogens with one attached hydrogen (secondary N) is 1. The molecule has 1 aromatic carbocycles. The second kappa shape index (κ2) is 7.04. The summed E-state index contributed by atoms with van der Waals surface area (Å²) in [7, 11) is 4.05. The molecule has 25 heavy (non-hydrogen) atoms. The Morgan fingerprint density at radius 2 is 2.16 bits per heavy atom. The first kappa shape index (κ1) is 17.7. The van der Waals surface area contributed by atoms with E-state index in [2.05, 4.69) is 29.0 Å². The molecular weight excluding hydrogens is 316 g/mol. The lowest BCUT2D eigenvalue weighted by molar-refractivity contribution is 0.157. The third kappa shape index (κ3) is 3.95. The molecule has 6 nitrogen and oxygen atoms in total. The van der Waals surface area contributed by atoms with Crippen molar-refractivity contribution >= 4 is 17.1 Å². The number of aromatic nitrogens is 1. The van der Waals surface area contributed by atoms with Crippen LogP contribution >= 0.6 is 0 Å². The Morgan fingerprint density at radius 1 is 1.40 bits per heavy atom. The molecular formula is C19H28N4O2. The van der Waals surface area contributed by atoms with E-state index in [1.165, 1.54) is 0 Å². The number of amides is 2. The summed E-state index contributed by atoms with van der Waals surface area (Å²) in [4.78, 5) is 21.2. The van der Waals surface area contributed by atoms with E-state index in [-0.39, 0.29) is 17.5 Å². The van der Waals surface area contributed by atoms with E-state index < -0.39 is 0 Å². The predicted octanol–water partition coefficient (Wildman–Crippen LogP) is 3.06. The monoisotopic (exact) mass is 344 g/mol. The number of likely N-dealkylation sites (N-methyl/N-ethyl adjacent to an activating group) is 1. The zero-order chi connectivity index (χ0) is 18.0. The van der Waals surface area contributed by atoms with Gasteiger partial charge >= 0.3 is 6.03 Å². The summed E-state index contributed by atoms with van der Waals surface area (Å²) in [5.41, 5.74) is 1.61. The van der Waals surface area contributed by atoms with Crippen LogP contribution in [-0.4, -0.2) is 60.1 Å². The molecule has 1 aromatic heterocycles. The summed E-state index contributed by atoms with van der Waals surface area (Å²) in [5.74, 6) is 0.904. The topological polar surface area (TPSA) is 61.6 Å². The number of benzene rings is 1. The second-order valence-corrected chi connectivity index (χ2v) is 7.67. The Hall–Kier alpha value is -2.08. The van der Waals surface area contributed by atoms with Crippen molar-refractivity contribution in [3.8, 4) is 0 Å². The summed E-state index contributed by atoms with van der Waals surface area (Å²) in [5, 5.41) is 3.07. The molecule has 2 amide bonds. The Morgan fingerprint density at radius 3 is 2.88 bits per heavy atom. The number of nitrogens with zero attached hydrogens (tertiary/aromatic N) is 3. The molecule has 0 bridgehead atoms. The van der Waals surface area contributed by atoms with Crippen LogP contribution in [0.5, 0.6) is 0 Å². The molecule has 0 saturated carbocycles. The number of carbonyl (C=O) groups is 1. The molecule has 136 valence electrons. The largest absolute Gasteiger partial charge is 0.440 e. The van der Waals surface area contributed by atoms with Gasteiger partial charge in [-0.2, -0.15) is 0 Å². The van der Waals surface area contributed by atoms with Crippen LogP contribution in [0.1, 0.15) is 38.5 Å². The Balaban J connectivity index is 1.63. The SMILES string of the molecule is CN(C)C(C)(C)CNC(=O)N1CCC[C@@H](c2nc3ccccc3o2)C1. The van der Waals surface area contributed by atoms with E-state index >= 15 is 0 Å². The van der Waals surface area contributed by atoms with Gasteiger partial charge in [0, 0.05) is 25.2 Å². The van der Waals surface area contributed by atoms with Crippen LogP contribution in [0.25, 0.3) is 11.1 Å². The van der Waals surface area contributed by atoms with Crippen molar-refractivity contribution in [1.82, 2.24) is 20.1 Å². The van der Waals surface area contributed by atoms with E-state index in [1.54, 1.807) is 0 Å². The predicted molar refractivity (Wildman–Crippen MR) is 98.7 cm³/mol. The number of fused-ring (bicyclic) bond motifs is 1. The zero-order valence-electron chi connectivity index (χ0n) is 15.6. The number of hydrogen-bond acceptors (Lipinski definition) is 4. The molecule has 6 heteroatoms. The summed E-state index contributed by atoms with van der Waals surface area (Å²) < 4.78 is 5.91. The number of piperidine rings is 1. The van der Waals surface area contributed by atoms with Crippen molar-refractivity contribution in [2.45, 2.75) is 38.1 Å². The van der Waals surface area contributed by atoms with Gasteiger partial charge in [-0.15, -0.1) is 0 Å². The number of rotatable bonds is 4. The fourth-order valence-corrected chi connectivity index (χ4v) is 2.99. The molecule has 1 aliphatic rings. The fraction of sp³-hybridized carbons (Fsp3) is 0.579. The smallest absolute Gasteiger partial charge is 0.317 e. The van der Waals surface area contributed by atoms with Gasteiger partial charge in [-0.05, 0) is 52.9 Å². The molecule has 0 spiro atoms. The maximum absolute atomic E-state index is 12.6. The Bertz CT molecular complexity index is 705. The minimum atomic E-state index is -0.0782. The summed E-state index contributed by atoms with van der Waals surface area (Å²) in [6, 6.07) is 7.80. The number of urea groups is 1. The molecule has 0 radical (unpaired) electrons. The second-order valence-electron chi connectivity index (χ2n) is 7.67. The van der Waals surface area contributed by atoms with Crippen LogP contribution in [0.2, 0.25) is 0 Å². The van der Waals surface area contributed by atoms with Gasteiger partial charge in [0.1, 0.15) is 5.52 Å². The average Bonchev–Trinajstić information content (AvgIpc) is 3.04. The molecule has 3 rings (SSSR count). The fourth-order valence-electron chi connectivity index (χ4n) is 2.99. The summed E-state index contributed by atoms with van der Waals surface area (Å²) >= 11 is 0. The lowest BCUT2D eigenvalue weighted by atomic mass is 9.98. The van der Waals surface area contributed by atoms with Crippen LogP contribution in [0.15, 0.2) is 28.7 Å². The van der Waals surface area contributed by atoms with Gasteiger partial charge in [0.05, 0.1) is 5.92 Å². The highest BCUT2D eigenvalue weighted by Gasteiger charge is 2.29. The molecule has 1 N–H and O–H groups in total. The number of oxazole rings is 1. The van der Waals surface area contributed by atoms with Crippen LogP contribution in [0, 0.1) is 0 Å². The molecule has 1 atom stereocenters. The first-order valence-corrected chi connectivity index (χ1v) is 8.92. The van der Waals surface area contributed by atoms with Gasteiger partial charge in [-0.25, -0.2) is 9.78 Å². The molecule has 1 fully saturated rings. The molecule has 0 unspecified atom stereocenters. The Labute approximate surface area is 149 Å². The van der Waals surface area contributed by atoms with E-state index in [0.717, 1.165) is 36.4 Å². The quantitative estimate of drug-likeness (QED) is 0.926. The number of para-hydroxylation sites is 2. The van der Waals surface area contributed by atoms with Crippen LogP contribution in [-0.2, 0) is 0 Å².